The third kappa shape index (κ3) is 5.07. The zero-order valence-electron chi connectivity index (χ0n) is 25.6. The molecule has 2 aromatic rings. The highest BCUT2D eigenvalue weighted by atomic mass is 32.1. The molecular formula is C25H35N3O2S. The summed E-state index contributed by atoms with van der Waals surface area (Å²) >= 11 is 1.40. The summed E-state index contributed by atoms with van der Waals surface area (Å²) in [5.74, 6) is 0.592. The molecule has 6 heteroatoms. The quantitative estimate of drug-likeness (QED) is 0.641. The van der Waals surface area contributed by atoms with Gasteiger partial charge in [-0.2, -0.15) is 0 Å². The minimum Gasteiger partial charge on any atom is -0.378 e. The first-order chi connectivity index (χ1) is 18.3. The zero-order chi connectivity index (χ0) is 28.2. The van der Waals surface area contributed by atoms with Crippen LogP contribution in [0.3, 0.4) is 0 Å². The van der Waals surface area contributed by atoms with Crippen molar-refractivity contribution in [2.24, 2.45) is 5.92 Å². The van der Waals surface area contributed by atoms with Crippen LogP contribution in [0.5, 0.6) is 0 Å². The van der Waals surface area contributed by atoms with Gasteiger partial charge in [0, 0.05) is 66.3 Å². The van der Waals surface area contributed by atoms with Crippen LogP contribution in [0.25, 0.3) is 10.1 Å². The molecule has 3 atom stereocenters. The van der Waals surface area contributed by atoms with Crippen molar-refractivity contribution in [2.75, 3.05) is 44.0 Å². The summed E-state index contributed by atoms with van der Waals surface area (Å²) in [6, 6.07) is 6.83. The van der Waals surface area contributed by atoms with E-state index in [1.807, 2.05) is 6.07 Å². The molecule has 1 aliphatic carbocycles. The van der Waals surface area contributed by atoms with Crippen molar-refractivity contribution >= 4 is 33.0 Å². The Morgan fingerprint density at radius 3 is 2.94 bits per heavy atom. The molecular weight excluding hydrogens is 406 g/mol. The van der Waals surface area contributed by atoms with Gasteiger partial charge in [-0.3, -0.25) is 9.69 Å². The van der Waals surface area contributed by atoms with Gasteiger partial charge in [0.05, 0.1) is 11.6 Å². The Morgan fingerprint density at radius 1 is 1.13 bits per heavy atom. The molecule has 1 aromatic carbocycles. The lowest BCUT2D eigenvalue weighted by atomic mass is 9.78. The normalized spacial score (nSPS) is 37.6. The Balaban J connectivity index is 1.25. The van der Waals surface area contributed by atoms with Gasteiger partial charge in [-0.25, -0.2) is 0 Å². The van der Waals surface area contributed by atoms with E-state index in [4.69, 9.17) is 15.7 Å². The Hall–Kier alpha value is -1.63. The molecule has 5 nitrogen and oxygen atoms in total. The lowest BCUT2D eigenvalue weighted by molar-refractivity contribution is -0.125. The Kier molecular flexibility index (Phi) is 4.40. The maximum Gasteiger partial charge on any atom is 0.220 e. The zero-order valence-corrected chi connectivity index (χ0v) is 18.4. The van der Waals surface area contributed by atoms with Crippen LogP contribution in [-0.4, -0.2) is 62.1 Å². The van der Waals surface area contributed by atoms with Crippen LogP contribution in [-0.2, 0) is 9.53 Å². The molecule has 3 heterocycles. The number of carbonyl (C=O) groups excluding carboxylic acids is 1. The number of hydrogen-bond donors (Lipinski definition) is 1. The number of benzene rings is 1. The number of hydrogen-bond acceptors (Lipinski definition) is 5. The van der Waals surface area contributed by atoms with Crippen molar-refractivity contribution in [3.63, 3.8) is 0 Å². The molecule has 0 spiro atoms. The molecule has 5 rings (SSSR count). The van der Waals surface area contributed by atoms with Gasteiger partial charge in [0.2, 0.25) is 5.91 Å². The fourth-order valence-electron chi connectivity index (χ4n) is 4.77. The first-order valence-electron chi connectivity index (χ1n) is 15.2. The van der Waals surface area contributed by atoms with Crippen LogP contribution in [0.2, 0.25) is 0 Å². The first-order valence-corrected chi connectivity index (χ1v) is 12.1. The van der Waals surface area contributed by atoms with Crippen LogP contribution in [0, 0.1) is 5.92 Å². The van der Waals surface area contributed by atoms with E-state index in [1.165, 1.54) is 17.4 Å². The van der Waals surface area contributed by atoms with E-state index in [-0.39, 0.29) is 30.3 Å². The number of piperidine rings is 1. The molecule has 2 saturated heterocycles. The third-order valence-electron chi connectivity index (χ3n) is 6.47. The van der Waals surface area contributed by atoms with Crippen molar-refractivity contribution in [1.29, 1.82) is 0 Å². The van der Waals surface area contributed by atoms with Crippen LogP contribution in [0.4, 0.5) is 5.69 Å². The van der Waals surface area contributed by atoms with Crippen molar-refractivity contribution < 1.29 is 20.5 Å². The second kappa shape index (κ2) is 9.88. The van der Waals surface area contributed by atoms with E-state index in [2.05, 4.69) is 5.32 Å². The minimum absolute atomic E-state index is 0.0224. The fourth-order valence-corrected chi connectivity index (χ4v) is 5.58. The number of nitrogens with zero attached hydrogens (tertiary/aromatic N) is 2. The summed E-state index contributed by atoms with van der Waals surface area (Å²) in [5, 5.41) is 5.41. The standard InChI is InChI=1S/C25H35N3O2S/c29-25-9-7-19-6-8-20(18-22(19)26-25)30-16-2-1-11-27-12-14-28(15-13-27)23-4-3-5-24-21(23)10-17-31-24/h3-5,10,17,19-20,22H,1-2,6-9,11-16,18H2,(H,26,29)/i12D2,13D2,14D2,15D2. The topological polar surface area (TPSA) is 44.8 Å². The molecule has 0 bridgehead atoms. The third-order valence-corrected chi connectivity index (χ3v) is 7.35. The van der Waals surface area contributed by atoms with Gasteiger partial charge < -0.3 is 15.0 Å². The average Bonchev–Trinajstić information content (AvgIpc) is 3.34. The van der Waals surface area contributed by atoms with Crippen molar-refractivity contribution in [1.82, 2.24) is 10.2 Å². The minimum atomic E-state index is -2.88. The van der Waals surface area contributed by atoms with Gasteiger partial charge in [-0.15, -0.1) is 11.3 Å². The van der Waals surface area contributed by atoms with E-state index < -0.39 is 26.0 Å². The molecule has 2 aliphatic heterocycles. The summed E-state index contributed by atoms with van der Waals surface area (Å²) in [7, 11) is 0. The van der Waals surface area contributed by atoms with Crippen LogP contribution >= 0.6 is 11.3 Å². The number of ether oxygens (including phenoxy) is 1. The van der Waals surface area contributed by atoms with Gasteiger partial charge in [-0.05, 0) is 74.6 Å². The Morgan fingerprint density at radius 2 is 2.03 bits per heavy atom. The SMILES string of the molecule is [2H]C1([2H])N(CCCCOC2CCC3CCC(=O)NC3C2)C([2H])([2H])C([2H])([2H])N(c2cccc3sccc23)C1([2H])[2H]. The summed E-state index contributed by atoms with van der Waals surface area (Å²) in [6.45, 7) is -11.2. The molecule has 1 saturated carbocycles. The fraction of sp³-hybridized carbons (Fsp3) is 0.640. The Labute approximate surface area is 201 Å². The van der Waals surface area contributed by atoms with Gasteiger partial charge >= 0.3 is 0 Å². The molecule has 3 unspecified atom stereocenters. The number of unbranched alkanes of at least 4 members (excludes halogenated alkanes) is 1. The van der Waals surface area contributed by atoms with E-state index in [0.717, 1.165) is 30.4 Å². The lowest BCUT2D eigenvalue weighted by Crippen LogP contribution is -2.49. The number of thiophene rings is 1. The lowest BCUT2D eigenvalue weighted by Gasteiger charge is -2.39. The molecule has 3 fully saturated rings. The summed E-state index contributed by atoms with van der Waals surface area (Å²) in [4.78, 5) is 13.1. The molecule has 1 amide bonds. The average molecular weight is 450 g/mol. The molecule has 168 valence electrons. The number of anilines is 1. The van der Waals surface area contributed by atoms with E-state index in [9.17, 15) is 4.79 Å². The smallest absolute Gasteiger partial charge is 0.220 e. The maximum atomic E-state index is 11.7. The van der Waals surface area contributed by atoms with Crippen LogP contribution < -0.4 is 10.2 Å². The number of amides is 1. The van der Waals surface area contributed by atoms with Crippen LogP contribution in [0.1, 0.15) is 55.9 Å². The number of rotatable bonds is 7. The summed E-state index contributed by atoms with van der Waals surface area (Å²) in [6.07, 6.45) is 5.01. The van der Waals surface area contributed by atoms with Gasteiger partial charge in [0.15, 0.2) is 0 Å². The van der Waals surface area contributed by atoms with Gasteiger partial charge in [0.1, 0.15) is 0 Å². The number of carbonyl (C=O) groups is 1. The molecule has 3 aliphatic rings. The number of nitrogens with one attached hydrogen (secondary N) is 1. The predicted molar refractivity (Wildman–Crippen MR) is 128 cm³/mol. The summed E-state index contributed by atoms with van der Waals surface area (Å²) in [5.41, 5.74) is 0.119. The number of piperazine rings is 1. The molecule has 1 aromatic heterocycles. The van der Waals surface area contributed by atoms with Crippen LogP contribution in [0.15, 0.2) is 29.6 Å². The molecule has 0 radical (unpaired) electrons. The van der Waals surface area contributed by atoms with E-state index >= 15 is 0 Å². The highest BCUT2D eigenvalue weighted by Gasteiger charge is 2.34. The van der Waals surface area contributed by atoms with Crippen molar-refractivity contribution in [3.8, 4) is 0 Å². The summed E-state index contributed by atoms with van der Waals surface area (Å²) < 4.78 is 76.8. The monoisotopic (exact) mass is 449 g/mol. The molecule has 1 N–H and O–H groups in total. The number of fused-ring (bicyclic) bond motifs is 2. The predicted octanol–water partition coefficient (Wildman–Crippen LogP) is 4.27. The largest absolute Gasteiger partial charge is 0.378 e. The van der Waals surface area contributed by atoms with E-state index in [1.54, 1.807) is 17.5 Å². The van der Waals surface area contributed by atoms with Crippen molar-refractivity contribution in [2.45, 2.75) is 57.1 Å². The Bertz CT molecular complexity index is 1180. The second-order valence-corrected chi connectivity index (χ2v) is 9.48. The van der Waals surface area contributed by atoms with Gasteiger partial charge in [0.25, 0.3) is 0 Å². The highest BCUT2D eigenvalue weighted by molar-refractivity contribution is 7.17. The maximum absolute atomic E-state index is 11.7. The second-order valence-electron chi connectivity index (χ2n) is 8.53. The van der Waals surface area contributed by atoms with E-state index in [0.29, 0.717) is 47.0 Å². The first kappa shape index (κ1) is 13.8. The highest BCUT2D eigenvalue weighted by Crippen LogP contribution is 2.33. The molecule has 31 heavy (non-hydrogen) atoms. The van der Waals surface area contributed by atoms with Crippen molar-refractivity contribution in [3.05, 3.63) is 29.6 Å². The van der Waals surface area contributed by atoms with Gasteiger partial charge in [-0.1, -0.05) is 6.07 Å².